The first kappa shape index (κ1) is 15.6. The van der Waals surface area contributed by atoms with E-state index in [1.807, 2.05) is 13.2 Å². The third-order valence-corrected chi connectivity index (χ3v) is 3.49. The lowest BCUT2D eigenvalue weighted by atomic mass is 10.1. The second kappa shape index (κ2) is 6.80. The van der Waals surface area contributed by atoms with Crippen LogP contribution in [0.15, 0.2) is 12.4 Å². The summed E-state index contributed by atoms with van der Waals surface area (Å²) in [7, 11) is 1.90. The van der Waals surface area contributed by atoms with Gasteiger partial charge in [0.1, 0.15) is 0 Å². The van der Waals surface area contributed by atoms with Crippen LogP contribution in [-0.2, 0) is 13.5 Å². The van der Waals surface area contributed by atoms with Gasteiger partial charge in [0, 0.05) is 24.6 Å². The van der Waals surface area contributed by atoms with Crippen LogP contribution in [0.25, 0.3) is 11.4 Å². The molecule has 0 atom stereocenters. The van der Waals surface area contributed by atoms with E-state index in [-0.39, 0.29) is 0 Å². The first-order valence-electron chi connectivity index (χ1n) is 7.51. The minimum atomic E-state index is 0.677. The maximum Gasteiger partial charge on any atom is 0.162 e. The normalized spacial score (nSPS) is 11.3. The molecule has 21 heavy (non-hydrogen) atoms. The molecule has 0 unspecified atom stereocenters. The zero-order valence-corrected chi connectivity index (χ0v) is 13.6. The van der Waals surface area contributed by atoms with Crippen molar-refractivity contribution < 1.29 is 0 Å². The molecule has 0 saturated heterocycles. The lowest BCUT2D eigenvalue weighted by molar-refractivity contribution is 0.553. The number of rotatable bonds is 6. The second-order valence-corrected chi connectivity index (χ2v) is 5.95. The van der Waals surface area contributed by atoms with Gasteiger partial charge in [-0.15, -0.1) is 0 Å². The molecule has 0 aliphatic heterocycles. The fourth-order valence-corrected chi connectivity index (χ4v) is 2.37. The van der Waals surface area contributed by atoms with Gasteiger partial charge in [-0.1, -0.05) is 13.8 Å². The number of aromatic nitrogens is 4. The molecule has 2 aromatic rings. The summed E-state index contributed by atoms with van der Waals surface area (Å²) in [5, 5.41) is 7.65. The molecule has 5 nitrogen and oxygen atoms in total. The molecule has 0 aliphatic carbocycles. The van der Waals surface area contributed by atoms with Crippen LogP contribution in [0.5, 0.6) is 0 Å². The monoisotopic (exact) mass is 287 g/mol. The molecule has 0 amide bonds. The molecule has 0 radical (unpaired) electrons. The molecule has 0 spiro atoms. The summed E-state index contributed by atoms with van der Waals surface area (Å²) < 4.78 is 1.77. The molecule has 0 aliphatic rings. The van der Waals surface area contributed by atoms with Crippen LogP contribution in [-0.4, -0.2) is 32.8 Å². The van der Waals surface area contributed by atoms with Crippen molar-refractivity contribution in [1.82, 2.24) is 25.1 Å². The smallest absolute Gasteiger partial charge is 0.162 e. The molecule has 2 heterocycles. The standard InChI is InChI=1S/C16H25N5/c1-11(2)8-17-7-6-15-12(3)19-16(20-13(15)4)14-9-18-21(5)10-14/h9-11,17H,6-8H2,1-5H3. The van der Waals surface area contributed by atoms with Crippen molar-refractivity contribution in [3.05, 3.63) is 29.3 Å². The second-order valence-electron chi connectivity index (χ2n) is 5.95. The number of hydrogen-bond acceptors (Lipinski definition) is 4. The van der Waals surface area contributed by atoms with Crippen molar-refractivity contribution in [3.8, 4) is 11.4 Å². The zero-order valence-electron chi connectivity index (χ0n) is 13.6. The van der Waals surface area contributed by atoms with Crippen molar-refractivity contribution in [2.24, 2.45) is 13.0 Å². The number of aryl methyl sites for hydroxylation is 3. The summed E-state index contributed by atoms with van der Waals surface area (Å²) in [4.78, 5) is 9.28. The Labute approximate surface area is 126 Å². The molecule has 114 valence electrons. The zero-order chi connectivity index (χ0) is 15.4. The van der Waals surface area contributed by atoms with Crippen LogP contribution in [0.4, 0.5) is 0 Å². The maximum atomic E-state index is 4.64. The Hall–Kier alpha value is -1.75. The van der Waals surface area contributed by atoms with Crippen molar-refractivity contribution in [1.29, 1.82) is 0 Å². The maximum absolute atomic E-state index is 4.64. The van der Waals surface area contributed by atoms with Gasteiger partial charge in [-0.25, -0.2) is 9.97 Å². The Bertz CT molecular complexity index is 577. The van der Waals surface area contributed by atoms with E-state index in [1.165, 1.54) is 5.56 Å². The van der Waals surface area contributed by atoms with Crippen LogP contribution in [0.2, 0.25) is 0 Å². The average Bonchev–Trinajstić information content (AvgIpc) is 2.83. The predicted octanol–water partition coefficient (Wildman–Crippen LogP) is 2.28. The molecular weight excluding hydrogens is 262 g/mol. The molecule has 2 aromatic heterocycles. The Kier molecular flexibility index (Phi) is 5.07. The molecule has 5 heteroatoms. The fraction of sp³-hybridized carbons (Fsp3) is 0.562. The van der Waals surface area contributed by atoms with Gasteiger partial charge in [0.2, 0.25) is 0 Å². The highest BCUT2D eigenvalue weighted by Crippen LogP contribution is 2.18. The van der Waals surface area contributed by atoms with Gasteiger partial charge in [-0.3, -0.25) is 4.68 Å². The molecule has 2 rings (SSSR count). The van der Waals surface area contributed by atoms with E-state index in [4.69, 9.17) is 0 Å². The van der Waals surface area contributed by atoms with Crippen LogP contribution in [0.3, 0.4) is 0 Å². The number of nitrogens with zero attached hydrogens (tertiary/aromatic N) is 4. The Balaban J connectivity index is 2.10. The minimum absolute atomic E-state index is 0.677. The molecule has 0 fully saturated rings. The van der Waals surface area contributed by atoms with Crippen LogP contribution >= 0.6 is 0 Å². The highest BCUT2D eigenvalue weighted by molar-refractivity contribution is 5.53. The van der Waals surface area contributed by atoms with Crippen LogP contribution in [0.1, 0.15) is 30.8 Å². The van der Waals surface area contributed by atoms with Gasteiger partial charge >= 0.3 is 0 Å². The van der Waals surface area contributed by atoms with Crippen molar-refractivity contribution in [2.45, 2.75) is 34.1 Å². The summed E-state index contributed by atoms with van der Waals surface area (Å²) in [5.74, 6) is 1.44. The first-order chi connectivity index (χ1) is 9.97. The lowest BCUT2D eigenvalue weighted by Crippen LogP contribution is -2.23. The summed E-state index contributed by atoms with van der Waals surface area (Å²) >= 11 is 0. The third kappa shape index (κ3) is 4.11. The molecule has 0 aromatic carbocycles. The van der Waals surface area contributed by atoms with Gasteiger partial charge in [-0.05, 0) is 44.8 Å². The van der Waals surface area contributed by atoms with Crippen molar-refractivity contribution in [3.63, 3.8) is 0 Å². The highest BCUT2D eigenvalue weighted by atomic mass is 15.2. The van der Waals surface area contributed by atoms with E-state index in [0.29, 0.717) is 5.92 Å². The lowest BCUT2D eigenvalue weighted by Gasteiger charge is -2.12. The quantitative estimate of drug-likeness (QED) is 0.828. The van der Waals surface area contributed by atoms with Crippen molar-refractivity contribution in [2.75, 3.05) is 13.1 Å². The summed E-state index contributed by atoms with van der Waals surface area (Å²) in [6.45, 7) is 10.6. The van der Waals surface area contributed by atoms with Gasteiger partial charge < -0.3 is 5.32 Å². The van der Waals surface area contributed by atoms with E-state index in [9.17, 15) is 0 Å². The van der Waals surface area contributed by atoms with E-state index < -0.39 is 0 Å². The van der Waals surface area contributed by atoms with E-state index >= 15 is 0 Å². The number of nitrogens with one attached hydrogen (secondary N) is 1. The van der Waals surface area contributed by atoms with Gasteiger partial charge in [0.15, 0.2) is 5.82 Å². The minimum Gasteiger partial charge on any atom is -0.316 e. The summed E-state index contributed by atoms with van der Waals surface area (Å²) in [6.07, 6.45) is 4.72. The summed E-state index contributed by atoms with van der Waals surface area (Å²) in [5.41, 5.74) is 4.34. The van der Waals surface area contributed by atoms with Gasteiger partial charge in [0.05, 0.1) is 11.8 Å². The average molecular weight is 287 g/mol. The first-order valence-corrected chi connectivity index (χ1v) is 7.51. The number of hydrogen-bond donors (Lipinski definition) is 1. The Morgan fingerprint density at radius 3 is 2.38 bits per heavy atom. The van der Waals surface area contributed by atoms with E-state index in [2.05, 4.69) is 48.1 Å². The fourth-order valence-electron chi connectivity index (χ4n) is 2.37. The van der Waals surface area contributed by atoms with Crippen LogP contribution < -0.4 is 5.32 Å². The van der Waals surface area contributed by atoms with Crippen LogP contribution in [0, 0.1) is 19.8 Å². The van der Waals surface area contributed by atoms with Gasteiger partial charge in [-0.2, -0.15) is 5.10 Å². The SMILES string of the molecule is Cc1nc(-c2cnn(C)c2)nc(C)c1CCNCC(C)C. The third-order valence-electron chi connectivity index (χ3n) is 3.49. The van der Waals surface area contributed by atoms with Crippen molar-refractivity contribution >= 4 is 0 Å². The predicted molar refractivity (Wildman–Crippen MR) is 85.1 cm³/mol. The molecule has 0 bridgehead atoms. The van der Waals surface area contributed by atoms with E-state index in [0.717, 1.165) is 42.3 Å². The Morgan fingerprint density at radius 2 is 1.86 bits per heavy atom. The molecular formula is C16H25N5. The highest BCUT2D eigenvalue weighted by Gasteiger charge is 2.11. The largest absolute Gasteiger partial charge is 0.316 e. The topological polar surface area (TPSA) is 55.6 Å². The van der Waals surface area contributed by atoms with E-state index in [1.54, 1.807) is 10.9 Å². The molecule has 0 saturated carbocycles. The molecule has 1 N–H and O–H groups in total. The summed E-state index contributed by atoms with van der Waals surface area (Å²) in [6, 6.07) is 0. The van der Waals surface area contributed by atoms with Gasteiger partial charge in [0.25, 0.3) is 0 Å². The Morgan fingerprint density at radius 1 is 1.19 bits per heavy atom.